The standard InChI is InChI=1S/C8H7ClFNO2/c9-5-1-2-6(11)4(8(5)10)3-7(12)13/h1-2H,3,11H2,(H,12,13). The molecule has 0 aromatic heterocycles. The van der Waals surface area contributed by atoms with Crippen molar-refractivity contribution >= 4 is 23.3 Å². The molecule has 5 heteroatoms. The Balaban J connectivity index is 3.17. The SMILES string of the molecule is Nc1ccc(Cl)c(F)c1CC(=O)O. The third kappa shape index (κ3) is 2.09. The van der Waals surface area contributed by atoms with E-state index in [1.807, 2.05) is 0 Å². The molecule has 1 aromatic rings. The Labute approximate surface area is 78.9 Å². The van der Waals surface area contributed by atoms with Crippen molar-refractivity contribution in [1.82, 2.24) is 0 Å². The second kappa shape index (κ2) is 3.62. The highest BCUT2D eigenvalue weighted by molar-refractivity contribution is 6.30. The molecule has 0 aliphatic carbocycles. The molecule has 0 aliphatic heterocycles. The lowest BCUT2D eigenvalue weighted by Crippen LogP contribution is -2.06. The van der Waals surface area contributed by atoms with Crippen molar-refractivity contribution in [2.45, 2.75) is 6.42 Å². The molecule has 0 amide bonds. The van der Waals surface area contributed by atoms with Gasteiger partial charge in [-0.15, -0.1) is 0 Å². The van der Waals surface area contributed by atoms with Crippen LogP contribution < -0.4 is 5.73 Å². The summed E-state index contributed by atoms with van der Waals surface area (Å²) in [5.74, 6) is -1.91. The lowest BCUT2D eigenvalue weighted by atomic mass is 10.1. The average molecular weight is 204 g/mol. The molecule has 0 aliphatic rings. The predicted molar refractivity (Wildman–Crippen MR) is 47.2 cm³/mol. The van der Waals surface area contributed by atoms with Gasteiger partial charge in [0.15, 0.2) is 0 Å². The molecule has 0 fully saturated rings. The van der Waals surface area contributed by atoms with Crippen LogP contribution in [0.25, 0.3) is 0 Å². The summed E-state index contributed by atoms with van der Waals surface area (Å²) >= 11 is 5.45. The second-order valence-electron chi connectivity index (χ2n) is 2.50. The Morgan fingerprint density at radius 2 is 2.23 bits per heavy atom. The number of aliphatic carboxylic acids is 1. The van der Waals surface area contributed by atoms with Gasteiger partial charge in [-0.05, 0) is 12.1 Å². The molecular weight excluding hydrogens is 197 g/mol. The van der Waals surface area contributed by atoms with Gasteiger partial charge < -0.3 is 10.8 Å². The van der Waals surface area contributed by atoms with E-state index in [0.717, 1.165) is 0 Å². The molecule has 0 atom stereocenters. The zero-order valence-electron chi connectivity index (χ0n) is 6.55. The Hall–Kier alpha value is -1.29. The van der Waals surface area contributed by atoms with Crippen LogP contribution in [0.5, 0.6) is 0 Å². The van der Waals surface area contributed by atoms with Crippen molar-refractivity contribution in [2.75, 3.05) is 5.73 Å². The summed E-state index contributed by atoms with van der Waals surface area (Å²) in [6.45, 7) is 0. The maximum atomic E-state index is 13.1. The molecule has 0 spiro atoms. The molecule has 0 radical (unpaired) electrons. The number of carboxylic acid groups (broad SMARTS) is 1. The van der Waals surface area contributed by atoms with E-state index in [1.165, 1.54) is 12.1 Å². The number of carboxylic acids is 1. The summed E-state index contributed by atoms with van der Waals surface area (Å²) in [6.07, 6.45) is -0.460. The topological polar surface area (TPSA) is 63.3 Å². The van der Waals surface area contributed by atoms with Crippen LogP contribution in [-0.2, 0) is 11.2 Å². The van der Waals surface area contributed by atoms with E-state index in [2.05, 4.69) is 0 Å². The van der Waals surface area contributed by atoms with Gasteiger partial charge in [0.1, 0.15) is 5.82 Å². The Kier molecular flexibility index (Phi) is 2.72. The molecule has 0 heterocycles. The first-order chi connectivity index (χ1) is 6.02. The van der Waals surface area contributed by atoms with Crippen LogP contribution in [0.4, 0.5) is 10.1 Å². The first kappa shape index (κ1) is 9.80. The van der Waals surface area contributed by atoms with Crippen molar-refractivity contribution < 1.29 is 14.3 Å². The molecular formula is C8H7ClFNO2. The molecule has 0 bridgehead atoms. The number of hydrogen-bond acceptors (Lipinski definition) is 2. The van der Waals surface area contributed by atoms with Crippen LogP contribution in [0, 0.1) is 5.82 Å². The third-order valence-corrected chi connectivity index (χ3v) is 1.85. The molecule has 0 unspecified atom stereocenters. The van der Waals surface area contributed by atoms with E-state index in [4.69, 9.17) is 22.4 Å². The van der Waals surface area contributed by atoms with Gasteiger partial charge in [0.05, 0.1) is 11.4 Å². The van der Waals surface area contributed by atoms with Crippen molar-refractivity contribution in [1.29, 1.82) is 0 Å². The quantitative estimate of drug-likeness (QED) is 0.719. The fourth-order valence-corrected chi connectivity index (χ4v) is 1.12. The zero-order valence-corrected chi connectivity index (χ0v) is 7.31. The summed E-state index contributed by atoms with van der Waals surface area (Å²) in [4.78, 5) is 10.3. The molecule has 13 heavy (non-hydrogen) atoms. The van der Waals surface area contributed by atoms with Gasteiger partial charge >= 0.3 is 5.97 Å². The molecule has 3 N–H and O–H groups in total. The number of halogens is 2. The van der Waals surface area contributed by atoms with E-state index in [0.29, 0.717) is 0 Å². The normalized spacial score (nSPS) is 10.0. The van der Waals surface area contributed by atoms with E-state index in [-0.39, 0.29) is 16.3 Å². The van der Waals surface area contributed by atoms with E-state index < -0.39 is 18.2 Å². The summed E-state index contributed by atoms with van der Waals surface area (Å²) in [5.41, 5.74) is 5.41. The van der Waals surface area contributed by atoms with E-state index in [9.17, 15) is 9.18 Å². The van der Waals surface area contributed by atoms with Gasteiger partial charge in [0.2, 0.25) is 0 Å². The maximum Gasteiger partial charge on any atom is 0.308 e. The highest BCUT2D eigenvalue weighted by Gasteiger charge is 2.13. The second-order valence-corrected chi connectivity index (χ2v) is 2.91. The van der Waals surface area contributed by atoms with Crippen LogP contribution in [0.15, 0.2) is 12.1 Å². The molecule has 3 nitrogen and oxygen atoms in total. The van der Waals surface area contributed by atoms with E-state index >= 15 is 0 Å². The van der Waals surface area contributed by atoms with Crippen molar-refractivity contribution in [3.8, 4) is 0 Å². The van der Waals surface area contributed by atoms with Gasteiger partial charge in [-0.3, -0.25) is 4.79 Å². The number of nitrogens with two attached hydrogens (primary N) is 1. The first-order valence-electron chi connectivity index (χ1n) is 3.46. The lowest BCUT2D eigenvalue weighted by molar-refractivity contribution is -0.136. The average Bonchev–Trinajstić information content (AvgIpc) is 2.05. The zero-order chi connectivity index (χ0) is 10.0. The minimum Gasteiger partial charge on any atom is -0.481 e. The smallest absolute Gasteiger partial charge is 0.308 e. The lowest BCUT2D eigenvalue weighted by Gasteiger charge is -2.05. The molecule has 1 rings (SSSR count). The minimum atomic E-state index is -1.15. The number of anilines is 1. The summed E-state index contributed by atoms with van der Waals surface area (Å²) in [5, 5.41) is 8.32. The highest BCUT2D eigenvalue weighted by atomic mass is 35.5. The minimum absolute atomic E-state index is 0.0694. The largest absolute Gasteiger partial charge is 0.481 e. The van der Waals surface area contributed by atoms with Crippen molar-refractivity contribution in [3.63, 3.8) is 0 Å². The first-order valence-corrected chi connectivity index (χ1v) is 3.84. The highest BCUT2D eigenvalue weighted by Crippen LogP contribution is 2.23. The summed E-state index contributed by atoms with van der Waals surface area (Å²) in [7, 11) is 0. The van der Waals surface area contributed by atoms with Crippen molar-refractivity contribution in [2.24, 2.45) is 0 Å². The fourth-order valence-electron chi connectivity index (χ4n) is 0.938. The van der Waals surface area contributed by atoms with Gasteiger partial charge in [0.25, 0.3) is 0 Å². The number of benzene rings is 1. The van der Waals surface area contributed by atoms with Crippen LogP contribution >= 0.6 is 11.6 Å². The number of rotatable bonds is 2. The Morgan fingerprint density at radius 1 is 1.62 bits per heavy atom. The van der Waals surface area contributed by atoms with Gasteiger partial charge in [-0.2, -0.15) is 0 Å². The third-order valence-electron chi connectivity index (χ3n) is 1.56. The monoisotopic (exact) mass is 203 g/mol. The molecule has 70 valence electrons. The van der Waals surface area contributed by atoms with Crippen LogP contribution in [0.2, 0.25) is 5.02 Å². The van der Waals surface area contributed by atoms with E-state index in [1.54, 1.807) is 0 Å². The fraction of sp³-hybridized carbons (Fsp3) is 0.125. The van der Waals surface area contributed by atoms with Gasteiger partial charge in [0, 0.05) is 11.3 Å². The van der Waals surface area contributed by atoms with Crippen LogP contribution in [-0.4, -0.2) is 11.1 Å². The van der Waals surface area contributed by atoms with Crippen LogP contribution in [0.3, 0.4) is 0 Å². The summed E-state index contributed by atoms with van der Waals surface area (Å²) in [6, 6.07) is 2.67. The molecule has 0 saturated heterocycles. The molecule has 1 aromatic carbocycles. The Morgan fingerprint density at radius 3 is 2.77 bits per heavy atom. The number of nitrogen functional groups attached to an aromatic ring is 1. The van der Waals surface area contributed by atoms with Crippen molar-refractivity contribution in [3.05, 3.63) is 28.5 Å². The number of hydrogen-bond donors (Lipinski definition) is 2. The predicted octanol–water partition coefficient (Wildman–Crippen LogP) is 1.69. The summed E-state index contributed by atoms with van der Waals surface area (Å²) < 4.78 is 13.1. The molecule has 0 saturated carbocycles. The van der Waals surface area contributed by atoms with Crippen LogP contribution in [0.1, 0.15) is 5.56 Å². The Bertz CT molecular complexity index is 354. The maximum absolute atomic E-state index is 13.1. The van der Waals surface area contributed by atoms with Gasteiger partial charge in [-0.1, -0.05) is 11.6 Å². The van der Waals surface area contributed by atoms with Gasteiger partial charge in [-0.25, -0.2) is 4.39 Å². The number of carbonyl (C=O) groups is 1.